The van der Waals surface area contributed by atoms with Crippen molar-refractivity contribution < 1.29 is 17.9 Å². The van der Waals surface area contributed by atoms with Gasteiger partial charge in [-0.05, 0) is 65.3 Å². The second kappa shape index (κ2) is 10.5. The van der Waals surface area contributed by atoms with Gasteiger partial charge in [-0.25, -0.2) is 4.98 Å². The third-order valence-corrected chi connectivity index (χ3v) is 4.97. The van der Waals surface area contributed by atoms with E-state index in [-0.39, 0.29) is 18.3 Å². The first-order chi connectivity index (χ1) is 15.2. The molecule has 2 aromatic heterocycles. The predicted octanol–water partition coefficient (Wildman–Crippen LogP) is 6.84. The van der Waals surface area contributed by atoms with Crippen molar-refractivity contribution in [3.63, 3.8) is 0 Å². The van der Waals surface area contributed by atoms with E-state index in [1.807, 2.05) is 19.1 Å². The van der Waals surface area contributed by atoms with Gasteiger partial charge >= 0.3 is 6.18 Å². The summed E-state index contributed by atoms with van der Waals surface area (Å²) in [5.74, 6) is 1.07. The van der Waals surface area contributed by atoms with Crippen molar-refractivity contribution in [3.05, 3.63) is 72.2 Å². The molecule has 0 spiro atoms. The Kier molecular flexibility index (Phi) is 7.72. The van der Waals surface area contributed by atoms with Gasteiger partial charge in [0, 0.05) is 25.1 Å². The van der Waals surface area contributed by atoms with Gasteiger partial charge in [0.1, 0.15) is 11.6 Å². The summed E-state index contributed by atoms with van der Waals surface area (Å²) in [6.45, 7) is 6.92. The van der Waals surface area contributed by atoms with E-state index in [2.05, 4.69) is 29.1 Å². The molecule has 1 N–H and O–H groups in total. The Morgan fingerprint density at radius 2 is 1.78 bits per heavy atom. The Bertz CT molecular complexity index is 1010. The monoisotopic (exact) mass is 443 g/mol. The molecule has 1 unspecified atom stereocenters. The van der Waals surface area contributed by atoms with E-state index in [4.69, 9.17) is 4.74 Å². The van der Waals surface area contributed by atoms with Crippen LogP contribution in [0.4, 0.5) is 19.0 Å². The molecule has 3 aromatic rings. The second-order valence-electron chi connectivity index (χ2n) is 8.40. The average Bonchev–Trinajstić information content (AvgIpc) is 2.76. The number of rotatable bonds is 9. The highest BCUT2D eigenvalue weighted by molar-refractivity contribution is 5.68. The highest BCUT2D eigenvalue weighted by Crippen LogP contribution is 2.39. The lowest BCUT2D eigenvalue weighted by Crippen LogP contribution is -2.14. The maximum absolute atomic E-state index is 13.8. The third kappa shape index (κ3) is 6.70. The van der Waals surface area contributed by atoms with Gasteiger partial charge in [-0.15, -0.1) is 0 Å². The van der Waals surface area contributed by atoms with Crippen LogP contribution in [-0.2, 0) is 12.7 Å². The predicted molar refractivity (Wildman–Crippen MR) is 120 cm³/mol. The highest BCUT2D eigenvalue weighted by Gasteiger charge is 2.35. The van der Waals surface area contributed by atoms with Gasteiger partial charge in [0.25, 0.3) is 0 Å². The Balaban J connectivity index is 1.79. The fourth-order valence-electron chi connectivity index (χ4n) is 3.56. The lowest BCUT2D eigenvalue weighted by atomic mass is 9.99. The minimum absolute atomic E-state index is 0.138. The van der Waals surface area contributed by atoms with E-state index in [1.165, 1.54) is 6.07 Å². The molecule has 3 rings (SSSR count). The molecule has 1 atom stereocenters. The van der Waals surface area contributed by atoms with Crippen LogP contribution in [0.25, 0.3) is 11.1 Å². The van der Waals surface area contributed by atoms with Crippen molar-refractivity contribution in [3.8, 4) is 16.9 Å². The van der Waals surface area contributed by atoms with Gasteiger partial charge in [-0.1, -0.05) is 32.9 Å². The number of nitrogens with one attached hydrogen (secondary N) is 1. The zero-order valence-electron chi connectivity index (χ0n) is 18.5. The Morgan fingerprint density at radius 3 is 2.47 bits per heavy atom. The van der Waals surface area contributed by atoms with Gasteiger partial charge in [-0.2, -0.15) is 13.2 Å². The molecule has 0 bridgehead atoms. The van der Waals surface area contributed by atoms with Gasteiger partial charge < -0.3 is 10.1 Å². The summed E-state index contributed by atoms with van der Waals surface area (Å²) in [5, 5.41) is 3.18. The van der Waals surface area contributed by atoms with Crippen molar-refractivity contribution in [2.75, 3.05) is 11.9 Å². The topological polar surface area (TPSA) is 47.0 Å². The number of hydrogen-bond acceptors (Lipinski definition) is 4. The van der Waals surface area contributed by atoms with Crippen LogP contribution in [-0.4, -0.2) is 16.6 Å². The summed E-state index contributed by atoms with van der Waals surface area (Å²) in [7, 11) is 0. The normalized spacial score (nSPS) is 12.6. The van der Waals surface area contributed by atoms with E-state index in [0.29, 0.717) is 29.4 Å². The summed E-state index contributed by atoms with van der Waals surface area (Å²) in [6, 6.07) is 11.4. The summed E-state index contributed by atoms with van der Waals surface area (Å²) in [6.07, 6.45) is 1.39. The van der Waals surface area contributed by atoms with Crippen LogP contribution in [0.2, 0.25) is 0 Å². The van der Waals surface area contributed by atoms with Crippen LogP contribution >= 0.6 is 0 Å². The molecule has 0 aliphatic rings. The molecular formula is C25H28F3N3O. The smallest absolute Gasteiger partial charge is 0.419 e. The van der Waals surface area contributed by atoms with Crippen LogP contribution in [0.15, 0.2) is 61.1 Å². The molecule has 0 radical (unpaired) electrons. The van der Waals surface area contributed by atoms with Gasteiger partial charge in [0.15, 0.2) is 0 Å². The van der Waals surface area contributed by atoms with Crippen LogP contribution < -0.4 is 10.1 Å². The van der Waals surface area contributed by atoms with E-state index < -0.39 is 11.7 Å². The summed E-state index contributed by atoms with van der Waals surface area (Å²) < 4.78 is 46.8. The number of ether oxygens (including phenoxy) is 1. The number of anilines is 1. The minimum atomic E-state index is -4.51. The Morgan fingerprint density at radius 1 is 1.00 bits per heavy atom. The number of pyridine rings is 2. The number of alkyl halides is 3. The molecule has 0 saturated carbocycles. The summed E-state index contributed by atoms with van der Waals surface area (Å²) in [5.41, 5.74) is 1.30. The quantitative estimate of drug-likeness (QED) is 0.393. The lowest BCUT2D eigenvalue weighted by Gasteiger charge is -2.19. The molecule has 0 saturated heterocycles. The number of hydrogen-bond donors (Lipinski definition) is 1. The fourth-order valence-corrected chi connectivity index (χ4v) is 3.56. The zero-order valence-corrected chi connectivity index (χ0v) is 18.5. The zero-order chi connectivity index (χ0) is 23.1. The van der Waals surface area contributed by atoms with Crippen molar-refractivity contribution in [1.82, 2.24) is 9.97 Å². The number of halogens is 3. The van der Waals surface area contributed by atoms with Crippen LogP contribution in [0.3, 0.4) is 0 Å². The minimum Gasteiger partial charge on any atom is -0.493 e. The molecule has 7 heteroatoms. The first-order valence-electron chi connectivity index (χ1n) is 10.7. The number of nitrogens with zero attached hydrogens (tertiary/aromatic N) is 2. The molecular weight excluding hydrogens is 415 g/mol. The summed E-state index contributed by atoms with van der Waals surface area (Å²) >= 11 is 0. The number of aromatic nitrogens is 2. The molecule has 0 fully saturated rings. The molecule has 0 aliphatic heterocycles. The van der Waals surface area contributed by atoms with E-state index >= 15 is 0 Å². The largest absolute Gasteiger partial charge is 0.493 e. The van der Waals surface area contributed by atoms with Crippen molar-refractivity contribution in [2.45, 2.75) is 39.9 Å². The molecule has 170 valence electrons. The molecule has 32 heavy (non-hydrogen) atoms. The SMILES string of the molecule is CC(C)CC(C)COc1ccc(-c2ccnc(NCc3cccnc3)c2)cc1C(F)(F)F. The fraction of sp³-hybridized carbons (Fsp3) is 0.360. The molecule has 2 heterocycles. The maximum atomic E-state index is 13.8. The lowest BCUT2D eigenvalue weighted by molar-refractivity contribution is -0.139. The van der Waals surface area contributed by atoms with Crippen LogP contribution in [0.5, 0.6) is 5.75 Å². The molecule has 0 aliphatic carbocycles. The van der Waals surface area contributed by atoms with Gasteiger partial charge in [0.2, 0.25) is 0 Å². The summed E-state index contributed by atoms with van der Waals surface area (Å²) in [4.78, 5) is 8.33. The van der Waals surface area contributed by atoms with Crippen molar-refractivity contribution in [2.24, 2.45) is 11.8 Å². The standard InChI is InChI=1S/C25H28F3N3O/c1-17(2)11-18(3)16-32-23-7-6-20(12-22(23)25(26,27)28)21-8-10-30-24(13-21)31-15-19-5-4-9-29-14-19/h4-10,12-14,17-18H,11,15-16H2,1-3H3,(H,30,31). The van der Waals surface area contributed by atoms with E-state index in [9.17, 15) is 13.2 Å². The van der Waals surface area contributed by atoms with Crippen molar-refractivity contribution >= 4 is 5.82 Å². The first kappa shape index (κ1) is 23.6. The van der Waals surface area contributed by atoms with Gasteiger partial charge in [-0.3, -0.25) is 4.98 Å². The number of benzene rings is 1. The molecule has 0 amide bonds. The van der Waals surface area contributed by atoms with Crippen LogP contribution in [0.1, 0.15) is 38.3 Å². The van der Waals surface area contributed by atoms with E-state index in [1.54, 1.807) is 36.8 Å². The first-order valence-corrected chi connectivity index (χ1v) is 10.7. The highest BCUT2D eigenvalue weighted by atomic mass is 19.4. The molecule has 1 aromatic carbocycles. The molecule has 4 nitrogen and oxygen atoms in total. The van der Waals surface area contributed by atoms with Crippen LogP contribution in [0, 0.1) is 11.8 Å². The van der Waals surface area contributed by atoms with Crippen molar-refractivity contribution in [1.29, 1.82) is 0 Å². The third-order valence-electron chi connectivity index (χ3n) is 4.97. The van der Waals surface area contributed by atoms with Gasteiger partial charge in [0.05, 0.1) is 12.2 Å². The Labute approximate surface area is 186 Å². The second-order valence-corrected chi connectivity index (χ2v) is 8.40. The van der Waals surface area contributed by atoms with E-state index in [0.717, 1.165) is 18.1 Å². The average molecular weight is 444 g/mol. The maximum Gasteiger partial charge on any atom is 0.419 e. The Hall–Kier alpha value is -3.09.